The van der Waals surface area contributed by atoms with Gasteiger partial charge < -0.3 is 25.5 Å². The summed E-state index contributed by atoms with van der Waals surface area (Å²) in [6.45, 7) is 4.22. The second-order valence-electron chi connectivity index (χ2n) is 11.2. The van der Waals surface area contributed by atoms with Crippen molar-refractivity contribution in [2.45, 2.75) is 44.1 Å². The van der Waals surface area contributed by atoms with Crippen LogP contribution in [0.3, 0.4) is 0 Å². The molecule has 2 fully saturated rings. The average Bonchev–Trinajstić information content (AvgIpc) is 3.50. The Morgan fingerprint density at radius 1 is 1.08 bits per heavy atom. The summed E-state index contributed by atoms with van der Waals surface area (Å²) in [5, 5.41) is 17.1. The fourth-order valence-electron chi connectivity index (χ4n) is 6.43. The molecule has 0 spiro atoms. The van der Waals surface area contributed by atoms with Gasteiger partial charge in [0.2, 0.25) is 5.91 Å². The highest BCUT2D eigenvalue weighted by molar-refractivity contribution is 5.91. The molecule has 1 amide bonds. The third-order valence-corrected chi connectivity index (χ3v) is 8.62. The Bertz CT molecular complexity index is 1360. The normalized spacial score (nSPS) is 26.4. The predicted molar refractivity (Wildman–Crippen MR) is 147 cm³/mol. The summed E-state index contributed by atoms with van der Waals surface area (Å²) in [7, 11) is 2.14. The van der Waals surface area contributed by atoms with E-state index in [0.717, 1.165) is 37.2 Å². The van der Waals surface area contributed by atoms with Crippen molar-refractivity contribution in [1.29, 1.82) is 0 Å². The number of fused-ring (bicyclic) bond motifs is 1. The first kappa shape index (κ1) is 25.6. The number of rotatable bonds is 5. The van der Waals surface area contributed by atoms with Gasteiger partial charge in [-0.05, 0) is 86.3 Å². The standard InChI is InChI=1S/C31H34F2N4O2/c1-18-16-34-30(35-18)29(25-15-23(32)8-10-26(25)38)37-17-22-7-9-24(28(33)27(22)31(37)39)21-5-3-19(4-6-21)20-11-13-36(2)14-12-20/h3-10,15-16,20,27-30,34-35,38H,11-14,17H2,1-2H3/t27?,28?,29-,30?/m0/s1. The minimum Gasteiger partial charge on any atom is -0.508 e. The lowest BCUT2D eigenvalue weighted by molar-refractivity contribution is -0.134. The van der Waals surface area contributed by atoms with Gasteiger partial charge in [-0.25, -0.2) is 8.78 Å². The number of allylic oxidation sites excluding steroid dienone is 4. The highest BCUT2D eigenvalue weighted by atomic mass is 19.1. The van der Waals surface area contributed by atoms with Crippen molar-refractivity contribution >= 4 is 11.5 Å². The van der Waals surface area contributed by atoms with E-state index in [9.17, 15) is 14.3 Å². The number of piperidine rings is 1. The van der Waals surface area contributed by atoms with Gasteiger partial charge in [-0.1, -0.05) is 36.4 Å². The quantitative estimate of drug-likeness (QED) is 0.526. The van der Waals surface area contributed by atoms with Gasteiger partial charge in [0, 0.05) is 24.0 Å². The van der Waals surface area contributed by atoms with Crippen molar-refractivity contribution in [3.05, 3.63) is 94.6 Å². The topological polar surface area (TPSA) is 67.8 Å². The Balaban J connectivity index is 1.25. The third kappa shape index (κ3) is 4.71. The van der Waals surface area contributed by atoms with E-state index < -0.39 is 30.1 Å². The van der Waals surface area contributed by atoms with E-state index in [0.29, 0.717) is 17.1 Å². The van der Waals surface area contributed by atoms with Crippen LogP contribution in [0.2, 0.25) is 0 Å². The van der Waals surface area contributed by atoms with E-state index in [2.05, 4.69) is 34.7 Å². The van der Waals surface area contributed by atoms with Crippen molar-refractivity contribution in [3.63, 3.8) is 0 Å². The second kappa shape index (κ2) is 10.2. The number of hydrogen-bond acceptors (Lipinski definition) is 5. The first-order valence-electron chi connectivity index (χ1n) is 13.6. The molecule has 4 aliphatic rings. The van der Waals surface area contributed by atoms with Crippen LogP contribution in [0.15, 0.2) is 72.1 Å². The Morgan fingerprint density at radius 2 is 1.82 bits per heavy atom. The number of halogens is 2. The number of likely N-dealkylation sites (tertiary alicyclic amines) is 2. The molecule has 6 rings (SSSR count). The van der Waals surface area contributed by atoms with Crippen LogP contribution in [0.25, 0.3) is 5.57 Å². The minimum absolute atomic E-state index is 0.119. The summed E-state index contributed by atoms with van der Waals surface area (Å²) in [5.74, 6) is -1.45. The highest BCUT2D eigenvalue weighted by Gasteiger charge is 2.49. The molecule has 0 radical (unpaired) electrons. The molecule has 0 aromatic heterocycles. The van der Waals surface area contributed by atoms with Gasteiger partial charge in [-0.15, -0.1) is 0 Å². The molecular formula is C31H34F2N4O2. The molecule has 3 heterocycles. The number of phenols is 1. The summed E-state index contributed by atoms with van der Waals surface area (Å²) in [6.07, 6.45) is 5.64. The third-order valence-electron chi connectivity index (χ3n) is 8.62. The molecule has 3 N–H and O–H groups in total. The van der Waals surface area contributed by atoms with E-state index in [1.54, 1.807) is 17.2 Å². The Hall–Kier alpha value is -3.65. The monoisotopic (exact) mass is 532 g/mol. The summed E-state index contributed by atoms with van der Waals surface area (Å²) in [4.78, 5) is 17.7. The number of carbonyl (C=O) groups excluding carboxylic acids is 1. The number of alkyl halides is 1. The Labute approximate surface area is 227 Å². The zero-order valence-electron chi connectivity index (χ0n) is 22.2. The van der Waals surface area contributed by atoms with Crippen LogP contribution < -0.4 is 10.6 Å². The number of phenolic OH excluding ortho intramolecular Hbond substituents is 1. The molecule has 0 bridgehead atoms. The van der Waals surface area contributed by atoms with Crippen LogP contribution in [0, 0.1) is 11.7 Å². The molecule has 6 nitrogen and oxygen atoms in total. The number of nitrogens with one attached hydrogen (secondary N) is 2. The van der Waals surface area contributed by atoms with Crippen LogP contribution in [0.1, 0.15) is 48.4 Å². The van der Waals surface area contributed by atoms with Crippen molar-refractivity contribution in [2.75, 3.05) is 26.7 Å². The lowest BCUT2D eigenvalue weighted by atomic mass is 9.83. The van der Waals surface area contributed by atoms with Gasteiger partial charge in [-0.2, -0.15) is 0 Å². The molecule has 3 unspecified atom stereocenters. The van der Waals surface area contributed by atoms with E-state index in [1.807, 2.05) is 25.1 Å². The Kier molecular flexibility index (Phi) is 6.67. The first-order chi connectivity index (χ1) is 18.8. The zero-order valence-corrected chi connectivity index (χ0v) is 22.2. The summed E-state index contributed by atoms with van der Waals surface area (Å²) in [5.41, 5.74) is 4.34. The van der Waals surface area contributed by atoms with Crippen LogP contribution in [-0.4, -0.2) is 59.8 Å². The van der Waals surface area contributed by atoms with Gasteiger partial charge in [0.1, 0.15) is 23.9 Å². The van der Waals surface area contributed by atoms with Crippen LogP contribution in [0.4, 0.5) is 8.78 Å². The molecule has 1 aliphatic carbocycles. The predicted octanol–water partition coefficient (Wildman–Crippen LogP) is 4.58. The maximum absolute atomic E-state index is 16.1. The number of benzene rings is 2. The van der Waals surface area contributed by atoms with Crippen LogP contribution in [-0.2, 0) is 4.79 Å². The molecule has 39 heavy (non-hydrogen) atoms. The maximum atomic E-state index is 16.1. The molecular weight excluding hydrogens is 498 g/mol. The van der Waals surface area contributed by atoms with Crippen molar-refractivity contribution in [1.82, 2.24) is 20.4 Å². The van der Waals surface area contributed by atoms with Crippen LogP contribution >= 0.6 is 0 Å². The average molecular weight is 533 g/mol. The smallest absolute Gasteiger partial charge is 0.234 e. The Morgan fingerprint density at radius 3 is 2.51 bits per heavy atom. The fraction of sp³-hybridized carbons (Fsp3) is 0.387. The van der Waals surface area contributed by atoms with Crippen molar-refractivity contribution in [2.24, 2.45) is 5.92 Å². The largest absolute Gasteiger partial charge is 0.508 e. The highest BCUT2D eigenvalue weighted by Crippen LogP contribution is 2.44. The number of aromatic hydroxyl groups is 1. The summed E-state index contributed by atoms with van der Waals surface area (Å²) >= 11 is 0. The lowest BCUT2D eigenvalue weighted by Crippen LogP contribution is -2.48. The molecule has 4 atom stereocenters. The number of nitrogens with zero attached hydrogens (tertiary/aromatic N) is 2. The van der Waals surface area contributed by atoms with Crippen molar-refractivity contribution in [3.8, 4) is 5.75 Å². The molecule has 2 aromatic carbocycles. The molecule has 3 aliphatic heterocycles. The fourth-order valence-corrected chi connectivity index (χ4v) is 6.43. The van der Waals surface area contributed by atoms with Gasteiger partial charge in [0.25, 0.3) is 0 Å². The molecule has 0 saturated carbocycles. The van der Waals surface area contributed by atoms with E-state index in [-0.39, 0.29) is 23.8 Å². The first-order valence-corrected chi connectivity index (χ1v) is 13.6. The molecule has 2 aromatic rings. The number of amides is 1. The van der Waals surface area contributed by atoms with Gasteiger partial charge in [-0.3, -0.25) is 4.79 Å². The van der Waals surface area contributed by atoms with E-state index in [1.165, 1.54) is 23.8 Å². The number of hydrogen-bond donors (Lipinski definition) is 3. The SMILES string of the molecule is CC1=CNC([C@H](c2cc(F)ccc2O)N2CC3=CC=C(c4ccc(C5CCN(C)CC5)cc4)C(F)C3C2=O)N1. The van der Waals surface area contributed by atoms with Gasteiger partial charge in [0.15, 0.2) is 0 Å². The van der Waals surface area contributed by atoms with E-state index in [4.69, 9.17) is 0 Å². The molecule has 2 saturated heterocycles. The summed E-state index contributed by atoms with van der Waals surface area (Å²) in [6, 6.07) is 11.1. The van der Waals surface area contributed by atoms with E-state index >= 15 is 4.39 Å². The number of carbonyl (C=O) groups is 1. The lowest BCUT2D eigenvalue weighted by Gasteiger charge is -2.34. The second-order valence-corrected chi connectivity index (χ2v) is 11.2. The maximum Gasteiger partial charge on any atom is 0.234 e. The molecule has 204 valence electrons. The molecule has 8 heteroatoms. The summed E-state index contributed by atoms with van der Waals surface area (Å²) < 4.78 is 30.4. The van der Waals surface area contributed by atoms with Gasteiger partial charge in [0.05, 0.1) is 12.0 Å². The minimum atomic E-state index is -1.50. The van der Waals surface area contributed by atoms with Gasteiger partial charge >= 0.3 is 0 Å². The zero-order chi connectivity index (χ0) is 27.3. The van der Waals surface area contributed by atoms with Crippen molar-refractivity contribution < 1.29 is 18.7 Å². The van der Waals surface area contributed by atoms with Crippen LogP contribution in [0.5, 0.6) is 5.75 Å².